The summed E-state index contributed by atoms with van der Waals surface area (Å²) >= 11 is 6.41. The van der Waals surface area contributed by atoms with Gasteiger partial charge in [-0.2, -0.15) is 0 Å². The molecule has 0 aliphatic carbocycles. The molecule has 0 N–H and O–H groups in total. The predicted octanol–water partition coefficient (Wildman–Crippen LogP) is 3.40. The van der Waals surface area contributed by atoms with Crippen LogP contribution in [0.25, 0.3) is 6.08 Å². The monoisotopic (exact) mass is 349 g/mol. The lowest BCUT2D eigenvalue weighted by molar-refractivity contribution is -0.147. The van der Waals surface area contributed by atoms with E-state index in [-0.39, 0.29) is 18.4 Å². The van der Waals surface area contributed by atoms with E-state index in [2.05, 4.69) is 0 Å². The smallest absolute Gasteiger partial charge is 0.326 e. The van der Waals surface area contributed by atoms with Gasteiger partial charge < -0.3 is 4.74 Å². The molecule has 1 saturated heterocycles. The number of amides is 1. The second kappa shape index (κ2) is 7.75. The summed E-state index contributed by atoms with van der Waals surface area (Å²) in [6.07, 6.45) is 1.79. The summed E-state index contributed by atoms with van der Waals surface area (Å²) in [5.74, 6) is -0.430. The lowest BCUT2D eigenvalue weighted by Gasteiger charge is -2.14. The van der Waals surface area contributed by atoms with Crippen LogP contribution in [0.5, 0.6) is 0 Å². The summed E-state index contributed by atoms with van der Waals surface area (Å²) < 4.78 is 5.49. The molecule has 0 spiro atoms. The van der Waals surface area contributed by atoms with Gasteiger partial charge in [0.05, 0.1) is 11.5 Å². The van der Waals surface area contributed by atoms with Gasteiger partial charge in [0, 0.05) is 0 Å². The van der Waals surface area contributed by atoms with Gasteiger partial charge in [-0.25, -0.2) is 0 Å². The lowest BCUT2D eigenvalue weighted by atomic mass is 10.1. The van der Waals surface area contributed by atoms with E-state index < -0.39 is 5.97 Å². The number of thiocarbonyl (C=S) groups is 1. The molecule has 0 bridgehead atoms. The highest BCUT2D eigenvalue weighted by atomic mass is 32.2. The Morgan fingerprint density at radius 2 is 2.00 bits per heavy atom. The fourth-order valence-corrected chi connectivity index (χ4v) is 3.14. The molecule has 1 aromatic rings. The number of carbonyl (C=O) groups is 2. The Labute approximate surface area is 145 Å². The van der Waals surface area contributed by atoms with Crippen LogP contribution in [0.4, 0.5) is 0 Å². The molecule has 1 aliphatic rings. The van der Waals surface area contributed by atoms with Crippen LogP contribution in [0.2, 0.25) is 0 Å². The molecular formula is C17H19NO3S2. The fourth-order valence-electron chi connectivity index (χ4n) is 1.88. The molecule has 0 aromatic heterocycles. The van der Waals surface area contributed by atoms with Gasteiger partial charge in [-0.1, -0.05) is 67.7 Å². The van der Waals surface area contributed by atoms with Crippen molar-refractivity contribution in [3.63, 3.8) is 0 Å². The average Bonchev–Trinajstić information content (AvgIpc) is 2.75. The Balaban J connectivity index is 2.04. The second-order valence-electron chi connectivity index (χ2n) is 5.76. The van der Waals surface area contributed by atoms with Gasteiger partial charge in [-0.15, -0.1) is 0 Å². The Morgan fingerprint density at radius 3 is 2.61 bits per heavy atom. The van der Waals surface area contributed by atoms with Crippen LogP contribution < -0.4 is 0 Å². The first-order chi connectivity index (χ1) is 10.9. The number of hydrogen-bond acceptors (Lipinski definition) is 5. The van der Waals surface area contributed by atoms with Crippen molar-refractivity contribution in [1.82, 2.24) is 4.90 Å². The van der Waals surface area contributed by atoms with Crippen molar-refractivity contribution in [3.8, 4) is 0 Å². The van der Waals surface area contributed by atoms with E-state index in [0.717, 1.165) is 11.1 Å². The Hall–Kier alpha value is -1.66. The number of ether oxygens (including phenoxy) is 1. The van der Waals surface area contributed by atoms with Crippen molar-refractivity contribution in [1.29, 1.82) is 0 Å². The van der Waals surface area contributed by atoms with Crippen molar-refractivity contribution < 1.29 is 14.3 Å². The number of esters is 1. The van der Waals surface area contributed by atoms with E-state index in [1.54, 1.807) is 6.08 Å². The summed E-state index contributed by atoms with van der Waals surface area (Å²) in [5.41, 5.74) is 2.08. The highest BCUT2D eigenvalue weighted by molar-refractivity contribution is 8.26. The third-order valence-corrected chi connectivity index (χ3v) is 4.49. The second-order valence-corrected chi connectivity index (χ2v) is 7.43. The zero-order valence-electron chi connectivity index (χ0n) is 13.4. The molecule has 6 heteroatoms. The van der Waals surface area contributed by atoms with E-state index in [4.69, 9.17) is 17.0 Å². The van der Waals surface area contributed by atoms with Gasteiger partial charge >= 0.3 is 5.97 Å². The van der Waals surface area contributed by atoms with Crippen molar-refractivity contribution >= 4 is 46.3 Å². The molecule has 122 valence electrons. The van der Waals surface area contributed by atoms with E-state index in [1.807, 2.05) is 45.0 Å². The number of thioether (sulfide) groups is 1. The van der Waals surface area contributed by atoms with E-state index in [9.17, 15) is 9.59 Å². The molecular weight excluding hydrogens is 330 g/mol. The number of rotatable bonds is 5. The first-order valence-electron chi connectivity index (χ1n) is 7.34. The van der Waals surface area contributed by atoms with Crippen LogP contribution in [0, 0.1) is 12.8 Å². The maximum Gasteiger partial charge on any atom is 0.326 e. The van der Waals surface area contributed by atoms with Crippen molar-refractivity contribution in [3.05, 3.63) is 40.3 Å². The maximum absolute atomic E-state index is 12.4. The van der Waals surface area contributed by atoms with Gasteiger partial charge in [-0.05, 0) is 24.5 Å². The molecule has 1 heterocycles. The highest BCUT2D eigenvalue weighted by Crippen LogP contribution is 2.32. The molecule has 0 radical (unpaired) electrons. The van der Waals surface area contributed by atoms with E-state index in [1.165, 1.54) is 16.7 Å². The van der Waals surface area contributed by atoms with Crippen LogP contribution >= 0.6 is 24.0 Å². The predicted molar refractivity (Wildman–Crippen MR) is 96.9 cm³/mol. The molecule has 1 fully saturated rings. The minimum Gasteiger partial charge on any atom is -0.464 e. The third-order valence-electron chi connectivity index (χ3n) is 3.11. The molecule has 1 amide bonds. The highest BCUT2D eigenvalue weighted by Gasteiger charge is 2.33. The number of hydrogen-bond donors (Lipinski definition) is 0. The zero-order chi connectivity index (χ0) is 17.0. The molecule has 1 aromatic carbocycles. The molecule has 4 nitrogen and oxygen atoms in total. The van der Waals surface area contributed by atoms with Crippen molar-refractivity contribution in [2.45, 2.75) is 20.8 Å². The number of carbonyl (C=O) groups excluding carboxylic acids is 2. The Bertz CT molecular complexity index is 650. The summed E-state index contributed by atoms with van der Waals surface area (Å²) in [5, 5.41) is 0. The number of nitrogens with zero attached hydrogens (tertiary/aromatic N) is 1. The minimum atomic E-state index is -0.438. The summed E-state index contributed by atoms with van der Waals surface area (Å²) in [6, 6.07) is 7.85. The molecule has 1 aliphatic heterocycles. The average molecular weight is 349 g/mol. The largest absolute Gasteiger partial charge is 0.464 e. The standard InChI is InChI=1S/C17H19NO3S2/c1-11(2)10-21-15(19)9-18-16(20)14(23-17(18)22)8-13-6-4-12(3)5-7-13/h4-8,11H,9-10H2,1-3H3/b14-8-. The zero-order valence-corrected chi connectivity index (χ0v) is 15.0. The lowest BCUT2D eigenvalue weighted by Crippen LogP contribution is -2.34. The maximum atomic E-state index is 12.4. The van der Waals surface area contributed by atoms with Crippen molar-refractivity contribution in [2.24, 2.45) is 5.92 Å². The molecule has 23 heavy (non-hydrogen) atoms. The summed E-state index contributed by atoms with van der Waals surface area (Å²) in [7, 11) is 0. The van der Waals surface area contributed by atoms with Crippen LogP contribution in [0.1, 0.15) is 25.0 Å². The molecule has 0 saturated carbocycles. The molecule has 0 unspecified atom stereocenters. The van der Waals surface area contributed by atoms with Gasteiger partial charge in [0.2, 0.25) is 0 Å². The van der Waals surface area contributed by atoms with E-state index in [0.29, 0.717) is 15.8 Å². The van der Waals surface area contributed by atoms with Crippen LogP contribution in [-0.2, 0) is 14.3 Å². The van der Waals surface area contributed by atoms with Crippen LogP contribution in [0.3, 0.4) is 0 Å². The van der Waals surface area contributed by atoms with Crippen LogP contribution in [-0.4, -0.2) is 34.2 Å². The minimum absolute atomic E-state index is 0.136. The molecule has 2 rings (SSSR count). The summed E-state index contributed by atoms with van der Waals surface area (Å²) in [6.45, 7) is 6.12. The van der Waals surface area contributed by atoms with Gasteiger partial charge in [-0.3, -0.25) is 14.5 Å². The first-order valence-corrected chi connectivity index (χ1v) is 8.57. The van der Waals surface area contributed by atoms with Crippen molar-refractivity contribution in [2.75, 3.05) is 13.2 Å². The fraction of sp³-hybridized carbons (Fsp3) is 0.353. The Kier molecular flexibility index (Phi) is 5.96. The number of benzene rings is 1. The normalized spacial score (nSPS) is 16.5. The van der Waals surface area contributed by atoms with E-state index >= 15 is 0 Å². The number of aryl methyl sites for hydroxylation is 1. The molecule has 0 atom stereocenters. The quantitative estimate of drug-likeness (QED) is 0.463. The van der Waals surface area contributed by atoms with Gasteiger partial charge in [0.25, 0.3) is 5.91 Å². The first kappa shape index (κ1) is 17.7. The van der Waals surface area contributed by atoms with Crippen LogP contribution in [0.15, 0.2) is 29.2 Å². The van der Waals surface area contributed by atoms with Gasteiger partial charge in [0.1, 0.15) is 10.9 Å². The topological polar surface area (TPSA) is 46.6 Å². The SMILES string of the molecule is Cc1ccc(/C=C2\SC(=S)N(CC(=O)OCC(C)C)C2=O)cc1. The Morgan fingerprint density at radius 1 is 1.35 bits per heavy atom. The summed E-state index contributed by atoms with van der Waals surface area (Å²) in [4.78, 5) is 26.0. The third kappa shape index (κ3) is 4.91. The van der Waals surface area contributed by atoms with Gasteiger partial charge in [0.15, 0.2) is 0 Å².